The molecule has 1 aliphatic heterocycles. The predicted octanol–water partition coefficient (Wildman–Crippen LogP) is 2.59. The van der Waals surface area contributed by atoms with Crippen LogP contribution in [0, 0.1) is 13.8 Å². The number of piperidine rings is 1. The van der Waals surface area contributed by atoms with Crippen molar-refractivity contribution in [2.24, 2.45) is 0 Å². The number of nitrogens with one attached hydrogen (secondary N) is 1. The standard InChI is InChI=1S/C17H22Cl2N2O3/c1-11-3-4-14(12(2)9-11)24-10-15(22)21-7-5-13(6-8-21)20-17(23)16(18)19/h3-4,9,13,16H,5-8,10H2,1-2H3,(H,20,23). The number of aryl methyl sites for hydroxylation is 2. The van der Waals surface area contributed by atoms with Gasteiger partial charge in [0.05, 0.1) is 0 Å². The summed E-state index contributed by atoms with van der Waals surface area (Å²) in [4.78, 5) is 24.4. The van der Waals surface area contributed by atoms with E-state index in [0.717, 1.165) is 16.9 Å². The van der Waals surface area contributed by atoms with E-state index < -0.39 is 4.84 Å². The number of benzene rings is 1. The maximum Gasteiger partial charge on any atom is 0.260 e. The van der Waals surface area contributed by atoms with Crippen molar-refractivity contribution in [3.63, 3.8) is 0 Å². The van der Waals surface area contributed by atoms with Gasteiger partial charge < -0.3 is 15.0 Å². The van der Waals surface area contributed by atoms with Crippen LogP contribution in [-0.4, -0.2) is 47.3 Å². The minimum atomic E-state index is -1.06. The number of carbonyl (C=O) groups is 2. The molecular formula is C17H22Cl2N2O3. The zero-order chi connectivity index (χ0) is 17.7. The van der Waals surface area contributed by atoms with Gasteiger partial charge in [0.2, 0.25) is 0 Å². The highest BCUT2D eigenvalue weighted by atomic mass is 35.5. The topological polar surface area (TPSA) is 58.6 Å². The molecule has 0 saturated carbocycles. The van der Waals surface area contributed by atoms with E-state index >= 15 is 0 Å². The van der Waals surface area contributed by atoms with Gasteiger partial charge in [-0.3, -0.25) is 9.59 Å². The van der Waals surface area contributed by atoms with Crippen LogP contribution in [0.2, 0.25) is 0 Å². The number of ether oxygens (including phenoxy) is 1. The van der Waals surface area contributed by atoms with Gasteiger partial charge in [0.15, 0.2) is 11.4 Å². The molecule has 0 aromatic heterocycles. The monoisotopic (exact) mass is 372 g/mol. The normalized spacial score (nSPS) is 15.5. The summed E-state index contributed by atoms with van der Waals surface area (Å²) in [6.45, 7) is 5.15. The fourth-order valence-corrected chi connectivity index (χ4v) is 2.86. The van der Waals surface area contributed by atoms with Crippen molar-refractivity contribution in [1.29, 1.82) is 0 Å². The molecule has 0 unspecified atom stereocenters. The van der Waals surface area contributed by atoms with Gasteiger partial charge in [-0.1, -0.05) is 40.9 Å². The molecule has 24 heavy (non-hydrogen) atoms. The zero-order valence-corrected chi connectivity index (χ0v) is 15.4. The lowest BCUT2D eigenvalue weighted by molar-refractivity contribution is -0.134. The first-order valence-electron chi connectivity index (χ1n) is 7.93. The molecule has 1 aromatic carbocycles. The van der Waals surface area contributed by atoms with Crippen molar-refractivity contribution >= 4 is 35.0 Å². The summed E-state index contributed by atoms with van der Waals surface area (Å²) in [5.41, 5.74) is 2.17. The largest absolute Gasteiger partial charge is 0.484 e. The lowest BCUT2D eigenvalue weighted by atomic mass is 10.1. The minimum Gasteiger partial charge on any atom is -0.484 e. The van der Waals surface area contributed by atoms with Crippen LogP contribution in [0.15, 0.2) is 18.2 Å². The molecule has 5 nitrogen and oxygen atoms in total. The third-order valence-corrected chi connectivity index (χ3v) is 4.47. The molecule has 1 fully saturated rings. The molecule has 7 heteroatoms. The van der Waals surface area contributed by atoms with E-state index in [1.807, 2.05) is 32.0 Å². The Morgan fingerprint density at radius 1 is 1.29 bits per heavy atom. The number of carbonyl (C=O) groups excluding carboxylic acids is 2. The smallest absolute Gasteiger partial charge is 0.260 e. The van der Waals surface area contributed by atoms with Crippen molar-refractivity contribution in [3.8, 4) is 5.75 Å². The number of rotatable bonds is 5. The van der Waals surface area contributed by atoms with Crippen molar-refractivity contribution in [1.82, 2.24) is 10.2 Å². The Labute approximate surface area is 152 Å². The molecule has 132 valence electrons. The summed E-state index contributed by atoms with van der Waals surface area (Å²) in [6, 6.07) is 5.87. The number of alkyl halides is 2. The van der Waals surface area contributed by atoms with Crippen molar-refractivity contribution in [2.45, 2.75) is 37.6 Å². The first-order valence-corrected chi connectivity index (χ1v) is 8.80. The van der Waals surface area contributed by atoms with E-state index in [0.29, 0.717) is 25.9 Å². The Hall–Kier alpha value is -1.46. The van der Waals surface area contributed by atoms with Crippen molar-refractivity contribution in [3.05, 3.63) is 29.3 Å². The Kier molecular flexibility index (Phi) is 6.75. The highest BCUT2D eigenvalue weighted by molar-refractivity contribution is 6.53. The molecular weight excluding hydrogens is 351 g/mol. The fourth-order valence-electron chi connectivity index (χ4n) is 2.73. The Bertz CT molecular complexity index is 599. The van der Waals surface area contributed by atoms with Gasteiger partial charge in [-0.2, -0.15) is 0 Å². The van der Waals surface area contributed by atoms with Gasteiger partial charge in [-0.05, 0) is 38.3 Å². The summed E-state index contributed by atoms with van der Waals surface area (Å²) in [5, 5.41) is 2.78. The second-order valence-electron chi connectivity index (χ2n) is 6.02. The second-order valence-corrected chi connectivity index (χ2v) is 7.12. The molecule has 2 rings (SSSR count). The number of likely N-dealkylation sites (tertiary alicyclic amines) is 1. The number of halogens is 2. The predicted molar refractivity (Wildman–Crippen MR) is 94.6 cm³/mol. The van der Waals surface area contributed by atoms with Crippen LogP contribution in [0.5, 0.6) is 5.75 Å². The lowest BCUT2D eigenvalue weighted by Gasteiger charge is -2.32. The first-order chi connectivity index (χ1) is 11.4. The maximum atomic E-state index is 12.3. The summed E-state index contributed by atoms with van der Waals surface area (Å²) < 4.78 is 5.63. The average Bonchev–Trinajstić information content (AvgIpc) is 2.54. The second kappa shape index (κ2) is 8.58. The van der Waals surface area contributed by atoms with Crippen LogP contribution < -0.4 is 10.1 Å². The molecule has 0 bridgehead atoms. The summed E-state index contributed by atoms with van der Waals surface area (Å²) in [5.74, 6) is 0.292. The molecule has 0 aliphatic carbocycles. The van der Waals surface area contributed by atoms with Crippen LogP contribution in [0.1, 0.15) is 24.0 Å². The maximum absolute atomic E-state index is 12.3. The van der Waals surface area contributed by atoms with Crippen LogP contribution in [0.4, 0.5) is 0 Å². The summed E-state index contributed by atoms with van der Waals surface area (Å²) in [6.07, 6.45) is 1.36. The van der Waals surface area contributed by atoms with Crippen LogP contribution in [0.25, 0.3) is 0 Å². The van der Waals surface area contributed by atoms with Crippen molar-refractivity contribution < 1.29 is 14.3 Å². The van der Waals surface area contributed by atoms with Gasteiger partial charge in [-0.15, -0.1) is 0 Å². The molecule has 1 aliphatic rings. The SMILES string of the molecule is Cc1ccc(OCC(=O)N2CCC(NC(=O)C(Cl)Cl)CC2)c(C)c1. The molecule has 1 N–H and O–H groups in total. The van der Waals surface area contributed by atoms with Gasteiger partial charge in [-0.25, -0.2) is 0 Å². The Balaban J connectivity index is 1.77. The van der Waals surface area contributed by atoms with Gasteiger partial charge in [0.1, 0.15) is 5.75 Å². The minimum absolute atomic E-state index is 0.00168. The highest BCUT2D eigenvalue weighted by Crippen LogP contribution is 2.19. The van der Waals surface area contributed by atoms with Gasteiger partial charge >= 0.3 is 0 Å². The molecule has 1 aromatic rings. The van der Waals surface area contributed by atoms with Crippen LogP contribution in [-0.2, 0) is 9.59 Å². The number of amides is 2. The quantitative estimate of drug-likeness (QED) is 0.808. The first kappa shape index (κ1) is 18.9. The molecule has 0 spiro atoms. The zero-order valence-electron chi connectivity index (χ0n) is 13.9. The molecule has 1 saturated heterocycles. The third-order valence-electron chi connectivity index (χ3n) is 4.07. The van der Waals surface area contributed by atoms with E-state index in [-0.39, 0.29) is 24.5 Å². The highest BCUT2D eigenvalue weighted by Gasteiger charge is 2.25. The molecule has 2 amide bonds. The van der Waals surface area contributed by atoms with E-state index in [1.165, 1.54) is 0 Å². The van der Waals surface area contributed by atoms with E-state index in [9.17, 15) is 9.59 Å². The van der Waals surface area contributed by atoms with Gasteiger partial charge in [0, 0.05) is 19.1 Å². The van der Waals surface area contributed by atoms with E-state index in [2.05, 4.69) is 5.32 Å². The third kappa shape index (κ3) is 5.28. The molecule has 0 atom stereocenters. The Morgan fingerprint density at radius 2 is 1.96 bits per heavy atom. The van der Waals surface area contributed by atoms with E-state index in [4.69, 9.17) is 27.9 Å². The average molecular weight is 373 g/mol. The molecule has 1 heterocycles. The summed E-state index contributed by atoms with van der Waals surface area (Å²) >= 11 is 11.0. The number of hydrogen-bond donors (Lipinski definition) is 1. The van der Waals surface area contributed by atoms with Crippen LogP contribution in [0.3, 0.4) is 0 Å². The van der Waals surface area contributed by atoms with Crippen LogP contribution >= 0.6 is 23.2 Å². The fraction of sp³-hybridized carbons (Fsp3) is 0.529. The van der Waals surface area contributed by atoms with E-state index in [1.54, 1.807) is 4.90 Å². The lowest BCUT2D eigenvalue weighted by Crippen LogP contribution is -2.48. The van der Waals surface area contributed by atoms with Crippen molar-refractivity contribution in [2.75, 3.05) is 19.7 Å². The molecule has 0 radical (unpaired) electrons. The number of hydrogen-bond acceptors (Lipinski definition) is 3. The number of nitrogens with zero attached hydrogens (tertiary/aromatic N) is 1. The summed E-state index contributed by atoms with van der Waals surface area (Å²) in [7, 11) is 0. The Morgan fingerprint density at radius 3 is 2.54 bits per heavy atom. The van der Waals surface area contributed by atoms with Gasteiger partial charge in [0.25, 0.3) is 11.8 Å².